The molecule has 1 fully saturated rings. The quantitative estimate of drug-likeness (QED) is 0.639. The first-order chi connectivity index (χ1) is 8.22. The van der Waals surface area contributed by atoms with Crippen LogP contribution in [-0.2, 0) is 9.47 Å². The van der Waals surface area contributed by atoms with E-state index in [4.69, 9.17) is 9.47 Å². The van der Waals surface area contributed by atoms with Crippen LogP contribution in [0.5, 0.6) is 0 Å². The van der Waals surface area contributed by atoms with E-state index in [1.54, 1.807) is 7.11 Å². The van der Waals surface area contributed by atoms with Crippen molar-refractivity contribution in [1.29, 1.82) is 0 Å². The summed E-state index contributed by atoms with van der Waals surface area (Å²) >= 11 is 0. The highest BCUT2D eigenvalue weighted by atomic mass is 16.5. The maximum absolute atomic E-state index is 5.88. The van der Waals surface area contributed by atoms with Crippen molar-refractivity contribution >= 4 is 0 Å². The van der Waals surface area contributed by atoms with E-state index >= 15 is 0 Å². The van der Waals surface area contributed by atoms with Crippen LogP contribution in [0.25, 0.3) is 0 Å². The van der Waals surface area contributed by atoms with E-state index in [0.29, 0.717) is 12.5 Å². The van der Waals surface area contributed by atoms with Crippen molar-refractivity contribution in [2.45, 2.75) is 45.6 Å². The summed E-state index contributed by atoms with van der Waals surface area (Å²) in [5.41, 5.74) is 0. The van der Waals surface area contributed by atoms with Gasteiger partial charge >= 0.3 is 0 Å². The van der Waals surface area contributed by atoms with Crippen LogP contribution in [0, 0.1) is 11.8 Å². The van der Waals surface area contributed by atoms with Gasteiger partial charge in [-0.3, -0.25) is 0 Å². The minimum atomic E-state index is 0.207. The van der Waals surface area contributed by atoms with Gasteiger partial charge in [0, 0.05) is 20.3 Å². The number of hydrogen-bond acceptors (Lipinski definition) is 3. The van der Waals surface area contributed by atoms with Gasteiger partial charge in [-0.05, 0) is 24.8 Å². The summed E-state index contributed by atoms with van der Waals surface area (Å²) in [6.07, 6.45) is 5.67. The van der Waals surface area contributed by atoms with Gasteiger partial charge in [-0.15, -0.1) is 0 Å². The Morgan fingerprint density at radius 1 is 1.24 bits per heavy atom. The second-order valence-electron chi connectivity index (χ2n) is 5.59. The number of hydrogen-bond donors (Lipinski definition) is 1. The van der Waals surface area contributed by atoms with Gasteiger partial charge in [-0.25, -0.2) is 0 Å². The standard InChI is InChI=1S/C14H29NO2/c1-12(2)9-15-10-14(11-16-3)17-8-7-13-5-4-6-13/h12-15H,4-11H2,1-3H3. The smallest absolute Gasteiger partial charge is 0.0932 e. The molecule has 1 atom stereocenters. The molecule has 1 N–H and O–H groups in total. The highest BCUT2D eigenvalue weighted by Gasteiger charge is 2.17. The van der Waals surface area contributed by atoms with Crippen molar-refractivity contribution in [3.05, 3.63) is 0 Å². The predicted octanol–water partition coefficient (Wildman–Crippen LogP) is 2.45. The molecule has 0 spiro atoms. The fraction of sp³-hybridized carbons (Fsp3) is 1.00. The van der Waals surface area contributed by atoms with Crippen LogP contribution in [0.2, 0.25) is 0 Å². The Morgan fingerprint density at radius 2 is 2.00 bits per heavy atom. The average molecular weight is 243 g/mol. The zero-order valence-electron chi connectivity index (χ0n) is 11.7. The maximum atomic E-state index is 5.88. The molecule has 0 bridgehead atoms. The molecule has 1 rings (SSSR count). The molecule has 3 heteroatoms. The van der Waals surface area contributed by atoms with Crippen LogP contribution in [0.3, 0.4) is 0 Å². The lowest BCUT2D eigenvalue weighted by atomic mass is 9.83. The summed E-state index contributed by atoms with van der Waals surface area (Å²) in [6.45, 7) is 7.96. The minimum Gasteiger partial charge on any atom is -0.382 e. The van der Waals surface area contributed by atoms with Crippen molar-refractivity contribution < 1.29 is 9.47 Å². The van der Waals surface area contributed by atoms with Crippen LogP contribution in [0.15, 0.2) is 0 Å². The lowest BCUT2D eigenvalue weighted by molar-refractivity contribution is -0.00932. The molecule has 102 valence electrons. The summed E-state index contributed by atoms with van der Waals surface area (Å²) in [4.78, 5) is 0. The Morgan fingerprint density at radius 3 is 2.53 bits per heavy atom. The summed E-state index contributed by atoms with van der Waals surface area (Å²) in [6, 6.07) is 0. The molecule has 0 saturated heterocycles. The molecule has 0 aromatic rings. The van der Waals surface area contributed by atoms with Gasteiger partial charge in [-0.1, -0.05) is 33.1 Å². The van der Waals surface area contributed by atoms with Crippen LogP contribution in [0.1, 0.15) is 39.5 Å². The fourth-order valence-electron chi connectivity index (χ4n) is 2.07. The number of rotatable bonds is 10. The van der Waals surface area contributed by atoms with Gasteiger partial charge in [0.05, 0.1) is 12.7 Å². The Labute approximate surface area is 106 Å². The normalized spacial score (nSPS) is 18.4. The fourth-order valence-corrected chi connectivity index (χ4v) is 2.07. The summed E-state index contributed by atoms with van der Waals surface area (Å²) in [5, 5.41) is 3.43. The lowest BCUT2D eigenvalue weighted by Gasteiger charge is -2.26. The molecule has 0 amide bonds. The van der Waals surface area contributed by atoms with E-state index < -0.39 is 0 Å². The van der Waals surface area contributed by atoms with Gasteiger partial charge in [0.15, 0.2) is 0 Å². The second kappa shape index (κ2) is 8.90. The van der Waals surface area contributed by atoms with E-state index in [-0.39, 0.29) is 6.10 Å². The van der Waals surface area contributed by atoms with E-state index in [0.717, 1.165) is 25.6 Å². The van der Waals surface area contributed by atoms with Crippen LogP contribution >= 0.6 is 0 Å². The first-order valence-corrected chi connectivity index (χ1v) is 7.03. The van der Waals surface area contributed by atoms with Crippen molar-refractivity contribution in [1.82, 2.24) is 5.32 Å². The first kappa shape index (κ1) is 14.9. The van der Waals surface area contributed by atoms with Gasteiger partial charge in [0.1, 0.15) is 0 Å². The Balaban J connectivity index is 2.03. The molecule has 0 aliphatic heterocycles. The zero-order valence-corrected chi connectivity index (χ0v) is 11.7. The SMILES string of the molecule is COCC(CNCC(C)C)OCCC1CCC1. The van der Waals surface area contributed by atoms with Crippen molar-refractivity contribution in [2.75, 3.05) is 33.4 Å². The van der Waals surface area contributed by atoms with Gasteiger partial charge in [0.25, 0.3) is 0 Å². The first-order valence-electron chi connectivity index (χ1n) is 7.03. The largest absolute Gasteiger partial charge is 0.382 e. The van der Waals surface area contributed by atoms with Crippen LogP contribution in [-0.4, -0.2) is 39.5 Å². The molecule has 1 aliphatic rings. The molecule has 0 aromatic heterocycles. The second-order valence-corrected chi connectivity index (χ2v) is 5.59. The van der Waals surface area contributed by atoms with Gasteiger partial charge in [-0.2, -0.15) is 0 Å². The highest BCUT2D eigenvalue weighted by molar-refractivity contribution is 4.70. The molecule has 0 heterocycles. The number of nitrogens with one attached hydrogen (secondary N) is 1. The van der Waals surface area contributed by atoms with E-state index in [1.807, 2.05) is 0 Å². The zero-order chi connectivity index (χ0) is 12.5. The predicted molar refractivity (Wildman–Crippen MR) is 71.3 cm³/mol. The Bertz CT molecular complexity index is 181. The van der Waals surface area contributed by atoms with E-state index in [9.17, 15) is 0 Å². The monoisotopic (exact) mass is 243 g/mol. The molecular weight excluding hydrogens is 214 g/mol. The minimum absolute atomic E-state index is 0.207. The summed E-state index contributed by atoms with van der Waals surface area (Å²) in [5.74, 6) is 1.62. The van der Waals surface area contributed by atoms with E-state index in [2.05, 4.69) is 19.2 Å². The molecule has 1 saturated carbocycles. The molecule has 0 aromatic carbocycles. The maximum Gasteiger partial charge on any atom is 0.0932 e. The van der Waals surface area contributed by atoms with Crippen LogP contribution < -0.4 is 5.32 Å². The topological polar surface area (TPSA) is 30.5 Å². The Kier molecular flexibility index (Phi) is 7.82. The molecule has 3 nitrogen and oxygen atoms in total. The number of ether oxygens (including phenoxy) is 2. The lowest BCUT2D eigenvalue weighted by Crippen LogP contribution is -2.35. The molecule has 1 aliphatic carbocycles. The average Bonchev–Trinajstić information content (AvgIpc) is 2.21. The van der Waals surface area contributed by atoms with Gasteiger partial charge in [0.2, 0.25) is 0 Å². The highest BCUT2D eigenvalue weighted by Crippen LogP contribution is 2.29. The molecular formula is C14H29NO2. The third-order valence-electron chi connectivity index (χ3n) is 3.38. The third-order valence-corrected chi connectivity index (χ3v) is 3.38. The summed E-state index contributed by atoms with van der Waals surface area (Å²) in [7, 11) is 1.74. The van der Waals surface area contributed by atoms with Crippen molar-refractivity contribution in [3.8, 4) is 0 Å². The Hall–Kier alpha value is -0.120. The van der Waals surface area contributed by atoms with Gasteiger partial charge < -0.3 is 14.8 Å². The van der Waals surface area contributed by atoms with Crippen molar-refractivity contribution in [2.24, 2.45) is 11.8 Å². The van der Waals surface area contributed by atoms with Crippen LogP contribution in [0.4, 0.5) is 0 Å². The molecule has 17 heavy (non-hydrogen) atoms. The third kappa shape index (κ3) is 7.02. The summed E-state index contributed by atoms with van der Waals surface area (Å²) < 4.78 is 11.1. The molecule has 1 unspecified atom stereocenters. The van der Waals surface area contributed by atoms with E-state index in [1.165, 1.54) is 25.7 Å². The molecule has 0 radical (unpaired) electrons. The van der Waals surface area contributed by atoms with Crippen molar-refractivity contribution in [3.63, 3.8) is 0 Å². The number of methoxy groups -OCH3 is 1.